The highest BCUT2D eigenvalue weighted by molar-refractivity contribution is 5.75. The second kappa shape index (κ2) is 7.38. The Morgan fingerprint density at radius 1 is 1.04 bits per heavy atom. The van der Waals surface area contributed by atoms with Crippen molar-refractivity contribution in [3.63, 3.8) is 0 Å². The Bertz CT molecular complexity index is 792. The number of hydrogen-bond donors (Lipinski definition) is 1. The van der Waals surface area contributed by atoms with Crippen LogP contribution in [-0.2, 0) is 11.2 Å². The lowest BCUT2D eigenvalue weighted by Crippen LogP contribution is -2.39. The molecule has 2 aromatic carbocycles. The summed E-state index contributed by atoms with van der Waals surface area (Å²) < 4.78 is 11.8. The Balaban J connectivity index is 1.36. The lowest BCUT2D eigenvalue weighted by atomic mass is 9.93. The van der Waals surface area contributed by atoms with Gasteiger partial charge in [0.25, 0.3) is 0 Å². The molecule has 0 aliphatic heterocycles. The molecule has 1 aromatic heterocycles. The molecule has 0 spiro atoms. The van der Waals surface area contributed by atoms with Crippen molar-refractivity contribution in [1.82, 2.24) is 4.98 Å². The van der Waals surface area contributed by atoms with Gasteiger partial charge in [-0.3, -0.25) is 0 Å². The molecule has 0 amide bonds. The van der Waals surface area contributed by atoms with Crippen molar-refractivity contribution < 1.29 is 9.15 Å². The van der Waals surface area contributed by atoms with Crippen molar-refractivity contribution in [2.24, 2.45) is 5.73 Å². The molecule has 0 saturated heterocycles. The van der Waals surface area contributed by atoms with Crippen LogP contribution in [-0.4, -0.2) is 23.7 Å². The van der Waals surface area contributed by atoms with Crippen molar-refractivity contribution in [3.05, 3.63) is 54.1 Å². The molecule has 3 aromatic rings. The van der Waals surface area contributed by atoms with Crippen LogP contribution in [0, 0.1) is 0 Å². The molecule has 1 saturated carbocycles. The Kier molecular flexibility index (Phi) is 4.81. The molecule has 1 heterocycles. The average Bonchev–Trinajstić information content (AvgIpc) is 3.08. The Morgan fingerprint density at radius 3 is 2.64 bits per heavy atom. The zero-order valence-electron chi connectivity index (χ0n) is 14.4. The van der Waals surface area contributed by atoms with Crippen molar-refractivity contribution >= 4 is 11.1 Å². The first-order valence-corrected chi connectivity index (χ1v) is 9.12. The maximum Gasteiger partial charge on any atom is 0.227 e. The number of hydrogen-bond acceptors (Lipinski definition) is 4. The van der Waals surface area contributed by atoms with Crippen LogP contribution in [0.15, 0.2) is 52.9 Å². The van der Waals surface area contributed by atoms with Crippen LogP contribution in [0.25, 0.3) is 22.6 Å². The number of ether oxygens (including phenoxy) is 1. The van der Waals surface area contributed by atoms with Gasteiger partial charge in [-0.2, -0.15) is 0 Å². The van der Waals surface area contributed by atoms with E-state index < -0.39 is 0 Å². The fourth-order valence-corrected chi connectivity index (χ4v) is 3.47. The summed E-state index contributed by atoms with van der Waals surface area (Å²) >= 11 is 0. The fraction of sp³-hybridized carbons (Fsp3) is 0.381. The van der Waals surface area contributed by atoms with E-state index in [1.165, 1.54) is 18.4 Å². The van der Waals surface area contributed by atoms with Crippen LogP contribution in [0.1, 0.15) is 31.2 Å². The Morgan fingerprint density at radius 2 is 1.84 bits per heavy atom. The number of nitrogens with zero attached hydrogens (tertiary/aromatic N) is 1. The summed E-state index contributed by atoms with van der Waals surface area (Å²) in [4.78, 5) is 4.54. The normalized spacial score (nSPS) is 20.8. The zero-order chi connectivity index (χ0) is 17.1. The second-order valence-corrected chi connectivity index (χ2v) is 6.79. The van der Waals surface area contributed by atoms with Crippen molar-refractivity contribution in [2.75, 3.05) is 6.61 Å². The molecule has 130 valence electrons. The van der Waals surface area contributed by atoms with Crippen LogP contribution in [0.5, 0.6) is 0 Å². The van der Waals surface area contributed by atoms with Gasteiger partial charge in [0.05, 0.1) is 12.7 Å². The summed E-state index contributed by atoms with van der Waals surface area (Å²) in [5.74, 6) is 0.664. The highest BCUT2D eigenvalue weighted by Gasteiger charge is 2.21. The molecule has 4 rings (SSSR count). The van der Waals surface area contributed by atoms with Crippen LogP contribution in [0.4, 0.5) is 0 Å². The molecule has 0 radical (unpaired) electrons. The monoisotopic (exact) mass is 336 g/mol. The van der Waals surface area contributed by atoms with Crippen LogP contribution >= 0.6 is 0 Å². The number of aromatic nitrogens is 1. The third-order valence-corrected chi connectivity index (χ3v) is 4.97. The van der Waals surface area contributed by atoms with Gasteiger partial charge >= 0.3 is 0 Å². The highest BCUT2D eigenvalue weighted by atomic mass is 16.5. The maximum atomic E-state index is 6.13. The van der Waals surface area contributed by atoms with Crippen LogP contribution in [0.3, 0.4) is 0 Å². The lowest BCUT2D eigenvalue weighted by molar-refractivity contribution is 0.0169. The third kappa shape index (κ3) is 3.75. The Labute approximate surface area is 148 Å². The molecule has 2 unspecified atom stereocenters. The Hall–Kier alpha value is -2.17. The number of nitrogens with two attached hydrogens (primary N) is 1. The summed E-state index contributed by atoms with van der Waals surface area (Å²) in [6, 6.07) is 16.4. The van der Waals surface area contributed by atoms with E-state index in [1.54, 1.807) is 0 Å². The molecule has 1 fully saturated rings. The predicted molar refractivity (Wildman–Crippen MR) is 99.3 cm³/mol. The van der Waals surface area contributed by atoms with E-state index in [0.717, 1.165) is 42.5 Å². The highest BCUT2D eigenvalue weighted by Crippen LogP contribution is 2.24. The molecule has 2 atom stereocenters. The first-order chi connectivity index (χ1) is 12.3. The van der Waals surface area contributed by atoms with Crippen molar-refractivity contribution in [2.45, 2.75) is 44.2 Å². The molecule has 4 heteroatoms. The molecule has 1 aliphatic carbocycles. The summed E-state index contributed by atoms with van der Waals surface area (Å²) in [7, 11) is 0. The van der Waals surface area contributed by atoms with E-state index >= 15 is 0 Å². The number of fused-ring (bicyclic) bond motifs is 1. The second-order valence-electron chi connectivity index (χ2n) is 6.79. The van der Waals surface area contributed by atoms with E-state index in [4.69, 9.17) is 14.9 Å². The quantitative estimate of drug-likeness (QED) is 0.753. The third-order valence-electron chi connectivity index (χ3n) is 4.97. The zero-order valence-corrected chi connectivity index (χ0v) is 14.4. The minimum atomic E-state index is 0.204. The van der Waals surface area contributed by atoms with E-state index in [9.17, 15) is 0 Å². The van der Waals surface area contributed by atoms with Gasteiger partial charge in [-0.05, 0) is 49.1 Å². The van der Waals surface area contributed by atoms with Gasteiger partial charge < -0.3 is 14.9 Å². The molecule has 2 N–H and O–H groups in total. The average molecular weight is 336 g/mol. The van der Waals surface area contributed by atoms with E-state index in [0.29, 0.717) is 5.89 Å². The molecular formula is C21H24N2O2. The van der Waals surface area contributed by atoms with Gasteiger partial charge in [-0.15, -0.1) is 0 Å². The standard InChI is InChI=1S/C21H24N2O2/c22-17-5-1-3-7-19(17)24-14-13-15-9-11-16(12-10-15)21-23-18-6-2-4-8-20(18)25-21/h2,4,6,8-12,17,19H,1,3,5,7,13-14,22H2. The number of para-hydroxylation sites is 2. The topological polar surface area (TPSA) is 61.3 Å². The van der Waals surface area contributed by atoms with Crippen molar-refractivity contribution in [3.8, 4) is 11.5 Å². The van der Waals surface area contributed by atoms with Crippen LogP contribution < -0.4 is 5.73 Å². The first-order valence-electron chi connectivity index (χ1n) is 9.12. The molecule has 0 bridgehead atoms. The van der Waals surface area contributed by atoms with E-state index in [-0.39, 0.29) is 12.1 Å². The van der Waals surface area contributed by atoms with Gasteiger partial charge in [0.2, 0.25) is 5.89 Å². The van der Waals surface area contributed by atoms with E-state index in [2.05, 4.69) is 29.2 Å². The summed E-state index contributed by atoms with van der Waals surface area (Å²) in [5, 5.41) is 0. The fourth-order valence-electron chi connectivity index (χ4n) is 3.47. The largest absolute Gasteiger partial charge is 0.436 e. The molecule has 25 heavy (non-hydrogen) atoms. The number of oxazole rings is 1. The number of benzene rings is 2. The SMILES string of the molecule is NC1CCCCC1OCCc1ccc(-c2nc3ccccc3o2)cc1. The summed E-state index contributed by atoms with van der Waals surface area (Å²) in [6.45, 7) is 0.723. The van der Waals surface area contributed by atoms with Gasteiger partial charge in [-0.25, -0.2) is 4.98 Å². The summed E-state index contributed by atoms with van der Waals surface area (Å²) in [6.07, 6.45) is 5.78. The van der Waals surface area contributed by atoms with Crippen LogP contribution in [0.2, 0.25) is 0 Å². The van der Waals surface area contributed by atoms with Gasteiger partial charge in [-0.1, -0.05) is 37.1 Å². The first kappa shape index (κ1) is 16.3. The minimum Gasteiger partial charge on any atom is -0.436 e. The van der Waals surface area contributed by atoms with Gasteiger partial charge in [0, 0.05) is 11.6 Å². The summed E-state index contributed by atoms with van der Waals surface area (Å²) in [5.41, 5.74) is 10.1. The molecular weight excluding hydrogens is 312 g/mol. The minimum absolute atomic E-state index is 0.204. The smallest absolute Gasteiger partial charge is 0.227 e. The van der Waals surface area contributed by atoms with Gasteiger partial charge in [0.15, 0.2) is 5.58 Å². The lowest BCUT2D eigenvalue weighted by Gasteiger charge is -2.28. The molecule has 4 nitrogen and oxygen atoms in total. The van der Waals surface area contributed by atoms with Gasteiger partial charge in [0.1, 0.15) is 5.52 Å². The maximum absolute atomic E-state index is 6.13. The van der Waals surface area contributed by atoms with E-state index in [1.807, 2.05) is 24.3 Å². The number of rotatable bonds is 5. The predicted octanol–water partition coefficient (Wildman–Crippen LogP) is 4.32. The molecule has 1 aliphatic rings. The van der Waals surface area contributed by atoms with Crippen molar-refractivity contribution in [1.29, 1.82) is 0 Å².